The van der Waals surface area contributed by atoms with Gasteiger partial charge in [-0.3, -0.25) is 0 Å². The Labute approximate surface area is 102 Å². The van der Waals surface area contributed by atoms with Crippen LogP contribution in [0.5, 0.6) is 0 Å². The molecule has 1 aromatic rings. The van der Waals surface area contributed by atoms with Gasteiger partial charge in [-0.25, -0.2) is 0 Å². The first-order chi connectivity index (χ1) is 8.34. The molecule has 94 valence electrons. The molecule has 2 aliphatic rings. The maximum absolute atomic E-state index is 4.38. The number of nitrogens with zero attached hydrogens (tertiary/aromatic N) is 3. The minimum absolute atomic E-state index is 0.307. The Bertz CT molecular complexity index is 382. The molecule has 0 aliphatic carbocycles. The molecule has 5 heteroatoms. The highest BCUT2D eigenvalue weighted by Gasteiger charge is 2.23. The molecule has 1 saturated heterocycles. The lowest BCUT2D eigenvalue weighted by Gasteiger charge is -2.31. The number of rotatable bonds is 3. The second kappa shape index (κ2) is 4.74. The third-order valence-electron chi connectivity index (χ3n) is 3.79. The number of hydrogen-bond acceptors (Lipinski definition) is 4. The van der Waals surface area contributed by atoms with Gasteiger partial charge in [0.15, 0.2) is 0 Å². The van der Waals surface area contributed by atoms with Gasteiger partial charge in [0.1, 0.15) is 11.6 Å². The van der Waals surface area contributed by atoms with Crippen LogP contribution < -0.4 is 10.6 Å². The van der Waals surface area contributed by atoms with Crippen molar-refractivity contribution in [2.45, 2.75) is 51.2 Å². The van der Waals surface area contributed by atoms with Gasteiger partial charge in [-0.2, -0.15) is 0 Å². The van der Waals surface area contributed by atoms with Crippen molar-refractivity contribution >= 4 is 0 Å². The summed E-state index contributed by atoms with van der Waals surface area (Å²) in [7, 11) is 0. The number of fused-ring (bicyclic) bond motifs is 1. The molecule has 0 bridgehead atoms. The van der Waals surface area contributed by atoms with E-state index in [0.29, 0.717) is 12.1 Å². The van der Waals surface area contributed by atoms with E-state index < -0.39 is 0 Å². The molecule has 0 aromatic carbocycles. The predicted molar refractivity (Wildman–Crippen MR) is 65.8 cm³/mol. The first-order valence-electron chi connectivity index (χ1n) is 6.73. The van der Waals surface area contributed by atoms with E-state index in [-0.39, 0.29) is 0 Å². The molecular weight excluding hydrogens is 214 g/mol. The SMILES string of the molecule is CC(NC1CNC1)c1nnc2n1CCCCC2. The smallest absolute Gasteiger partial charge is 0.149 e. The molecule has 5 nitrogen and oxygen atoms in total. The lowest BCUT2D eigenvalue weighted by Crippen LogP contribution is -2.56. The first-order valence-corrected chi connectivity index (χ1v) is 6.73. The van der Waals surface area contributed by atoms with E-state index in [1.807, 2.05) is 0 Å². The van der Waals surface area contributed by atoms with Gasteiger partial charge in [-0.15, -0.1) is 10.2 Å². The lowest BCUT2D eigenvalue weighted by atomic mass is 10.1. The lowest BCUT2D eigenvalue weighted by molar-refractivity contribution is 0.328. The topological polar surface area (TPSA) is 54.8 Å². The van der Waals surface area contributed by atoms with Crippen molar-refractivity contribution in [3.63, 3.8) is 0 Å². The van der Waals surface area contributed by atoms with Crippen LogP contribution in [0.15, 0.2) is 0 Å². The molecular formula is C12H21N5. The maximum Gasteiger partial charge on any atom is 0.149 e. The van der Waals surface area contributed by atoms with E-state index in [1.54, 1.807) is 0 Å². The Morgan fingerprint density at radius 2 is 2.18 bits per heavy atom. The highest BCUT2D eigenvalue weighted by molar-refractivity contribution is 5.03. The van der Waals surface area contributed by atoms with Crippen molar-refractivity contribution < 1.29 is 0 Å². The van der Waals surface area contributed by atoms with Gasteiger partial charge in [0.05, 0.1) is 6.04 Å². The van der Waals surface area contributed by atoms with E-state index in [0.717, 1.165) is 31.9 Å². The predicted octanol–water partition coefficient (Wildman–Crippen LogP) is 0.627. The third kappa shape index (κ3) is 2.21. The Kier molecular flexibility index (Phi) is 3.11. The van der Waals surface area contributed by atoms with E-state index in [1.165, 1.54) is 25.1 Å². The summed E-state index contributed by atoms with van der Waals surface area (Å²) >= 11 is 0. The van der Waals surface area contributed by atoms with Gasteiger partial charge < -0.3 is 15.2 Å². The van der Waals surface area contributed by atoms with Crippen LogP contribution in [-0.2, 0) is 13.0 Å². The Balaban J connectivity index is 1.74. The van der Waals surface area contributed by atoms with E-state index >= 15 is 0 Å². The van der Waals surface area contributed by atoms with Gasteiger partial charge in [0.25, 0.3) is 0 Å². The molecule has 0 spiro atoms. The number of aryl methyl sites for hydroxylation is 1. The Hall–Kier alpha value is -0.940. The molecule has 0 amide bonds. The average Bonchev–Trinajstić information content (AvgIpc) is 2.53. The van der Waals surface area contributed by atoms with Crippen LogP contribution >= 0.6 is 0 Å². The van der Waals surface area contributed by atoms with E-state index in [2.05, 4.69) is 32.3 Å². The summed E-state index contributed by atoms with van der Waals surface area (Å²) in [5, 5.41) is 15.6. The van der Waals surface area contributed by atoms with Crippen molar-refractivity contribution in [2.75, 3.05) is 13.1 Å². The first kappa shape index (κ1) is 11.2. The molecule has 0 radical (unpaired) electrons. The zero-order valence-electron chi connectivity index (χ0n) is 10.4. The summed E-state index contributed by atoms with van der Waals surface area (Å²) in [6.45, 7) is 5.43. The Morgan fingerprint density at radius 1 is 1.29 bits per heavy atom. The summed E-state index contributed by atoms with van der Waals surface area (Å²) in [5.74, 6) is 2.30. The molecule has 3 heterocycles. The van der Waals surface area contributed by atoms with Crippen molar-refractivity contribution in [2.24, 2.45) is 0 Å². The van der Waals surface area contributed by atoms with Crippen molar-refractivity contribution in [1.82, 2.24) is 25.4 Å². The summed E-state index contributed by atoms with van der Waals surface area (Å²) < 4.78 is 2.33. The highest BCUT2D eigenvalue weighted by Crippen LogP contribution is 2.19. The van der Waals surface area contributed by atoms with Gasteiger partial charge >= 0.3 is 0 Å². The quantitative estimate of drug-likeness (QED) is 0.807. The van der Waals surface area contributed by atoms with Gasteiger partial charge in [0.2, 0.25) is 0 Å². The molecule has 1 fully saturated rings. The fourth-order valence-electron chi connectivity index (χ4n) is 2.66. The van der Waals surface area contributed by atoms with Crippen LogP contribution in [0.1, 0.15) is 43.9 Å². The largest absolute Gasteiger partial charge is 0.314 e. The van der Waals surface area contributed by atoms with Crippen LogP contribution in [0.25, 0.3) is 0 Å². The molecule has 1 aromatic heterocycles. The second-order valence-electron chi connectivity index (χ2n) is 5.18. The third-order valence-corrected chi connectivity index (χ3v) is 3.79. The van der Waals surface area contributed by atoms with Crippen LogP contribution in [0.3, 0.4) is 0 Å². The molecule has 17 heavy (non-hydrogen) atoms. The number of hydrogen-bond donors (Lipinski definition) is 2. The van der Waals surface area contributed by atoms with E-state index in [9.17, 15) is 0 Å². The molecule has 1 atom stereocenters. The molecule has 0 saturated carbocycles. The maximum atomic E-state index is 4.38. The second-order valence-corrected chi connectivity index (χ2v) is 5.18. The van der Waals surface area contributed by atoms with Crippen LogP contribution in [0.2, 0.25) is 0 Å². The van der Waals surface area contributed by atoms with Crippen LogP contribution in [-0.4, -0.2) is 33.9 Å². The number of aromatic nitrogens is 3. The Morgan fingerprint density at radius 3 is 2.94 bits per heavy atom. The summed E-state index contributed by atoms with van der Waals surface area (Å²) in [6, 6.07) is 0.908. The minimum atomic E-state index is 0.307. The van der Waals surface area contributed by atoms with Crippen LogP contribution in [0.4, 0.5) is 0 Å². The zero-order chi connectivity index (χ0) is 11.7. The minimum Gasteiger partial charge on any atom is -0.314 e. The summed E-state index contributed by atoms with van der Waals surface area (Å²) in [4.78, 5) is 0. The van der Waals surface area contributed by atoms with Gasteiger partial charge in [0, 0.05) is 32.1 Å². The molecule has 3 rings (SSSR count). The van der Waals surface area contributed by atoms with Gasteiger partial charge in [-0.05, 0) is 19.8 Å². The standard InChI is InChI=1S/C12H21N5/c1-9(14-10-7-13-8-10)12-16-15-11-5-3-2-4-6-17(11)12/h9-10,13-14H,2-8H2,1H3. The van der Waals surface area contributed by atoms with Crippen LogP contribution in [0, 0.1) is 0 Å². The van der Waals surface area contributed by atoms with Crippen molar-refractivity contribution in [1.29, 1.82) is 0 Å². The van der Waals surface area contributed by atoms with E-state index in [4.69, 9.17) is 0 Å². The van der Waals surface area contributed by atoms with Crippen molar-refractivity contribution in [3.05, 3.63) is 11.6 Å². The fraction of sp³-hybridized carbons (Fsp3) is 0.833. The summed E-state index contributed by atoms with van der Waals surface area (Å²) in [5.41, 5.74) is 0. The highest BCUT2D eigenvalue weighted by atomic mass is 15.3. The zero-order valence-corrected chi connectivity index (χ0v) is 10.4. The molecule has 2 aliphatic heterocycles. The van der Waals surface area contributed by atoms with Gasteiger partial charge in [-0.1, -0.05) is 6.42 Å². The number of nitrogens with one attached hydrogen (secondary N) is 2. The monoisotopic (exact) mass is 235 g/mol. The fourth-order valence-corrected chi connectivity index (χ4v) is 2.66. The average molecular weight is 235 g/mol. The molecule has 2 N–H and O–H groups in total. The summed E-state index contributed by atoms with van der Waals surface area (Å²) in [6.07, 6.45) is 4.92. The van der Waals surface area contributed by atoms with Crippen molar-refractivity contribution in [3.8, 4) is 0 Å². The molecule has 1 unspecified atom stereocenters. The normalized spacial score (nSPS) is 22.6.